The lowest BCUT2D eigenvalue weighted by Gasteiger charge is -2.20. The second kappa shape index (κ2) is 9.92. The number of rotatable bonds is 7. The smallest absolute Gasteiger partial charge is 0.195 e. The summed E-state index contributed by atoms with van der Waals surface area (Å²) in [6.45, 7) is 23.3. The fraction of sp³-hybridized carbons (Fsp3) is 0.483. The Labute approximate surface area is 197 Å². The lowest BCUT2D eigenvalue weighted by molar-refractivity contribution is -0.576. The molecule has 1 heterocycles. The number of nitrogens with zero attached hydrogens (tertiary/aromatic N) is 2. The molecule has 3 heteroatoms. The van der Waals surface area contributed by atoms with Crippen LogP contribution in [0.15, 0.2) is 48.8 Å². The van der Waals surface area contributed by atoms with Crippen LogP contribution in [0.25, 0.3) is 11.4 Å². The van der Waals surface area contributed by atoms with Gasteiger partial charge in [-0.05, 0) is 37.0 Å². The highest BCUT2D eigenvalue weighted by Crippen LogP contribution is 2.34. The Kier molecular flexibility index (Phi) is 7.66. The van der Waals surface area contributed by atoms with Crippen LogP contribution >= 0.6 is 7.92 Å². The van der Waals surface area contributed by atoms with Crippen molar-refractivity contribution < 1.29 is 4.57 Å². The molecule has 0 bridgehead atoms. The summed E-state index contributed by atoms with van der Waals surface area (Å²) in [7, 11) is -0.348. The standard InChI is InChI=1S/C29H42N2P/c1-19(2)23-13-11-14-24(20(3)4)27(23)30-17-18-31(29(30)32(9)10)28-25(21(5)6)15-12-16-26(28)22(7)8/h11-22H,1-10H3/q+1. The quantitative estimate of drug-likeness (QED) is 0.259. The molecule has 0 saturated heterocycles. The van der Waals surface area contributed by atoms with Crippen molar-refractivity contribution in [1.29, 1.82) is 0 Å². The van der Waals surface area contributed by atoms with E-state index in [0.717, 1.165) is 0 Å². The molecule has 0 amide bonds. The third-order valence-electron chi connectivity index (χ3n) is 6.36. The molecule has 0 fully saturated rings. The summed E-state index contributed by atoms with van der Waals surface area (Å²) in [4.78, 5) is 0. The van der Waals surface area contributed by atoms with Crippen LogP contribution < -0.4 is 10.1 Å². The molecular formula is C29H42N2P+. The molecule has 0 spiro atoms. The monoisotopic (exact) mass is 449 g/mol. The van der Waals surface area contributed by atoms with E-state index in [1.54, 1.807) is 0 Å². The molecule has 0 aliphatic carbocycles. The third-order valence-corrected chi connectivity index (χ3v) is 7.59. The predicted octanol–water partition coefficient (Wildman–Crippen LogP) is 7.61. The highest BCUT2D eigenvalue weighted by molar-refractivity contribution is 7.63. The normalized spacial score (nSPS) is 12.2. The number of aromatic nitrogens is 2. The minimum atomic E-state index is -0.348. The first-order valence-electron chi connectivity index (χ1n) is 12.1. The molecule has 3 rings (SSSR count). The van der Waals surface area contributed by atoms with E-state index >= 15 is 0 Å². The van der Waals surface area contributed by atoms with Crippen LogP contribution in [0.1, 0.15) is 101 Å². The van der Waals surface area contributed by atoms with Gasteiger partial charge in [0.05, 0.1) is 0 Å². The lowest BCUT2D eigenvalue weighted by Crippen LogP contribution is -2.47. The van der Waals surface area contributed by atoms with Gasteiger partial charge in [0.1, 0.15) is 23.8 Å². The Bertz CT molecular complexity index is 937. The Morgan fingerprint density at radius 2 is 1.06 bits per heavy atom. The van der Waals surface area contributed by atoms with Gasteiger partial charge in [-0.3, -0.25) is 0 Å². The van der Waals surface area contributed by atoms with Crippen molar-refractivity contribution >= 4 is 13.5 Å². The highest BCUT2D eigenvalue weighted by Gasteiger charge is 2.31. The lowest BCUT2D eigenvalue weighted by atomic mass is 9.92. The maximum Gasteiger partial charge on any atom is 0.286 e. The van der Waals surface area contributed by atoms with E-state index in [1.807, 2.05) is 0 Å². The van der Waals surface area contributed by atoms with Crippen molar-refractivity contribution in [2.45, 2.75) is 79.1 Å². The van der Waals surface area contributed by atoms with Gasteiger partial charge in [-0.15, -0.1) is 0 Å². The molecule has 2 nitrogen and oxygen atoms in total. The molecule has 2 aromatic carbocycles. The van der Waals surface area contributed by atoms with Gasteiger partial charge in [0, 0.05) is 30.2 Å². The van der Waals surface area contributed by atoms with E-state index in [9.17, 15) is 0 Å². The summed E-state index contributed by atoms with van der Waals surface area (Å²) >= 11 is 0. The van der Waals surface area contributed by atoms with Crippen LogP contribution in [0, 0.1) is 0 Å². The maximum atomic E-state index is 2.51. The van der Waals surface area contributed by atoms with Crippen molar-refractivity contribution in [2.75, 3.05) is 13.3 Å². The van der Waals surface area contributed by atoms with Crippen molar-refractivity contribution in [3.63, 3.8) is 0 Å². The first-order chi connectivity index (χ1) is 15.1. The topological polar surface area (TPSA) is 8.81 Å². The largest absolute Gasteiger partial charge is 0.286 e. The van der Waals surface area contributed by atoms with E-state index in [-0.39, 0.29) is 7.92 Å². The minimum absolute atomic E-state index is 0.348. The molecule has 3 aromatic rings. The average molecular weight is 450 g/mol. The summed E-state index contributed by atoms with van der Waals surface area (Å²) in [5.41, 5.74) is 9.89. The molecule has 32 heavy (non-hydrogen) atoms. The SMILES string of the molecule is CC(C)c1cccc(C(C)C)c1-n1cc[n+](-c2c(C(C)C)cccc2C(C)C)c1P(C)C. The minimum Gasteiger partial charge on any atom is -0.195 e. The van der Waals surface area contributed by atoms with Gasteiger partial charge in [-0.2, -0.15) is 9.13 Å². The van der Waals surface area contributed by atoms with Crippen molar-refractivity contribution in [2.24, 2.45) is 0 Å². The Hall–Kier alpha value is -1.92. The van der Waals surface area contributed by atoms with Crippen LogP contribution in [-0.2, 0) is 0 Å². The van der Waals surface area contributed by atoms with E-state index in [2.05, 4.69) is 127 Å². The Morgan fingerprint density at radius 1 is 0.656 bits per heavy atom. The summed E-state index contributed by atoms with van der Waals surface area (Å²) in [5.74, 6) is 1.89. The fourth-order valence-corrected chi connectivity index (χ4v) is 5.94. The molecule has 172 valence electrons. The summed E-state index contributed by atoms with van der Waals surface area (Å²) < 4.78 is 5.02. The molecule has 0 unspecified atom stereocenters. The Morgan fingerprint density at radius 3 is 1.44 bits per heavy atom. The molecule has 0 aliphatic rings. The second-order valence-electron chi connectivity index (χ2n) is 10.4. The average Bonchev–Trinajstić information content (AvgIpc) is 3.17. The second-order valence-corrected chi connectivity index (χ2v) is 12.6. The van der Waals surface area contributed by atoms with Crippen LogP contribution in [0.4, 0.5) is 0 Å². The zero-order valence-electron chi connectivity index (χ0n) is 21.8. The predicted molar refractivity (Wildman–Crippen MR) is 142 cm³/mol. The van der Waals surface area contributed by atoms with E-state index < -0.39 is 0 Å². The van der Waals surface area contributed by atoms with Crippen LogP contribution in [-0.4, -0.2) is 17.9 Å². The zero-order valence-corrected chi connectivity index (χ0v) is 22.7. The van der Waals surface area contributed by atoms with Gasteiger partial charge in [0.25, 0.3) is 5.57 Å². The Balaban J connectivity index is 2.42. The number of imidazole rings is 1. The van der Waals surface area contributed by atoms with Gasteiger partial charge in [-0.25, -0.2) is 0 Å². The van der Waals surface area contributed by atoms with Gasteiger partial charge < -0.3 is 0 Å². The summed E-state index contributed by atoms with van der Waals surface area (Å²) in [6, 6.07) is 13.7. The third kappa shape index (κ3) is 4.58. The van der Waals surface area contributed by atoms with Gasteiger partial charge in [-0.1, -0.05) is 91.8 Å². The molecule has 0 radical (unpaired) electrons. The van der Waals surface area contributed by atoms with E-state index in [4.69, 9.17) is 0 Å². The summed E-state index contributed by atoms with van der Waals surface area (Å²) in [5, 5.41) is 0. The number of para-hydroxylation sites is 2. The molecule has 0 saturated carbocycles. The maximum absolute atomic E-state index is 2.51. The number of hydrogen-bond acceptors (Lipinski definition) is 0. The van der Waals surface area contributed by atoms with Crippen LogP contribution in [0.5, 0.6) is 0 Å². The van der Waals surface area contributed by atoms with Gasteiger partial charge in [0.15, 0.2) is 0 Å². The van der Waals surface area contributed by atoms with Crippen LogP contribution in [0.2, 0.25) is 0 Å². The van der Waals surface area contributed by atoms with Crippen LogP contribution in [0.3, 0.4) is 0 Å². The van der Waals surface area contributed by atoms with E-state index in [0.29, 0.717) is 23.7 Å². The van der Waals surface area contributed by atoms with Gasteiger partial charge >= 0.3 is 0 Å². The highest BCUT2D eigenvalue weighted by atomic mass is 31.1. The number of hydrogen-bond donors (Lipinski definition) is 0. The fourth-order valence-electron chi connectivity index (χ4n) is 4.74. The van der Waals surface area contributed by atoms with Gasteiger partial charge in [0.2, 0.25) is 0 Å². The van der Waals surface area contributed by atoms with Crippen molar-refractivity contribution in [3.05, 3.63) is 71.0 Å². The van der Waals surface area contributed by atoms with Crippen molar-refractivity contribution in [3.8, 4) is 11.4 Å². The molecular weight excluding hydrogens is 407 g/mol. The molecule has 0 atom stereocenters. The molecule has 0 N–H and O–H groups in total. The summed E-state index contributed by atoms with van der Waals surface area (Å²) in [6.07, 6.45) is 4.62. The first kappa shape index (κ1) is 24.7. The van der Waals surface area contributed by atoms with Crippen molar-refractivity contribution in [1.82, 2.24) is 4.57 Å². The molecule has 0 aliphatic heterocycles. The molecule has 1 aromatic heterocycles. The zero-order chi connectivity index (χ0) is 23.7. The number of benzene rings is 2. The van der Waals surface area contributed by atoms with E-state index in [1.165, 1.54) is 39.2 Å². The first-order valence-corrected chi connectivity index (χ1v) is 14.4.